The van der Waals surface area contributed by atoms with E-state index in [0.29, 0.717) is 0 Å². The summed E-state index contributed by atoms with van der Waals surface area (Å²) in [6.45, 7) is 9.33. The number of pyridine rings is 1. The van der Waals surface area contributed by atoms with Gasteiger partial charge in [-0.1, -0.05) is 0 Å². The number of hydrogen-bond donors (Lipinski definition) is 0. The zero-order chi connectivity index (χ0) is 18.4. The summed E-state index contributed by atoms with van der Waals surface area (Å²) >= 11 is -2.30. The van der Waals surface area contributed by atoms with Crippen molar-refractivity contribution in [2.45, 2.75) is 112 Å². The van der Waals surface area contributed by atoms with Gasteiger partial charge < -0.3 is 0 Å². The molecule has 0 atom stereocenters. The number of hydrogen-bond acceptors (Lipinski definition) is 1. The van der Waals surface area contributed by atoms with Gasteiger partial charge in [0.2, 0.25) is 0 Å². The van der Waals surface area contributed by atoms with Crippen LogP contribution in [-0.2, 0) is 6.42 Å². The van der Waals surface area contributed by atoms with Gasteiger partial charge >= 0.3 is 163 Å². The van der Waals surface area contributed by atoms with E-state index in [9.17, 15) is 0 Å². The summed E-state index contributed by atoms with van der Waals surface area (Å²) < 4.78 is 6.15. The van der Waals surface area contributed by atoms with Crippen LogP contribution in [0.5, 0.6) is 0 Å². The summed E-state index contributed by atoms with van der Waals surface area (Å²) in [6, 6.07) is 4.88. The standard InChI is InChI=1S/C11H16N.3C4H9.Sn/c1-2-3-4-5-7-11-8-6-9-12-10-11;3*1-3-4-2;/h6,8,10H,2-5,7H2,1H3;3*1,3-4H2,2H3;. The van der Waals surface area contributed by atoms with Crippen LogP contribution in [0.2, 0.25) is 13.3 Å². The Morgan fingerprint density at radius 3 is 1.68 bits per heavy atom. The van der Waals surface area contributed by atoms with Gasteiger partial charge in [0.1, 0.15) is 0 Å². The third-order valence-electron chi connectivity index (χ3n) is 5.71. The SMILES string of the molecule is CCCCCCc1cc[c]([Sn]([CH2]CCC)([CH2]CCC)[CH2]CCC)nc1. The molecule has 0 N–H and O–H groups in total. The second kappa shape index (κ2) is 14.1. The third kappa shape index (κ3) is 8.45. The summed E-state index contributed by atoms with van der Waals surface area (Å²) in [7, 11) is 0. The van der Waals surface area contributed by atoms with E-state index in [1.54, 1.807) is 3.71 Å². The third-order valence-corrected chi connectivity index (χ3v) is 20.9. The van der Waals surface area contributed by atoms with Crippen molar-refractivity contribution in [1.82, 2.24) is 4.98 Å². The molecule has 2 heteroatoms. The molecule has 1 aromatic heterocycles. The molecule has 0 radical (unpaired) electrons. The Labute approximate surface area is 162 Å². The maximum absolute atomic E-state index is 5.10. The van der Waals surface area contributed by atoms with Crippen LogP contribution in [-0.4, -0.2) is 23.4 Å². The molecule has 0 saturated heterocycles. The van der Waals surface area contributed by atoms with Crippen molar-refractivity contribution < 1.29 is 0 Å². The Hall–Kier alpha value is -0.0513. The predicted molar refractivity (Wildman–Crippen MR) is 117 cm³/mol. The number of nitrogens with zero attached hydrogens (tertiary/aromatic N) is 1. The average molecular weight is 452 g/mol. The van der Waals surface area contributed by atoms with Gasteiger partial charge in [-0.2, -0.15) is 0 Å². The second-order valence-corrected chi connectivity index (χ2v) is 21.0. The van der Waals surface area contributed by atoms with Crippen LogP contribution < -0.4 is 3.71 Å². The zero-order valence-electron chi connectivity index (χ0n) is 17.6. The van der Waals surface area contributed by atoms with E-state index in [4.69, 9.17) is 4.98 Å². The fraction of sp³-hybridized carbons (Fsp3) is 0.783. The van der Waals surface area contributed by atoms with Crippen LogP contribution in [0.25, 0.3) is 0 Å². The molecule has 0 aromatic carbocycles. The Morgan fingerprint density at radius 2 is 1.24 bits per heavy atom. The first-order valence-electron chi connectivity index (χ1n) is 11.2. The van der Waals surface area contributed by atoms with Crippen molar-refractivity contribution >= 4 is 22.1 Å². The summed E-state index contributed by atoms with van der Waals surface area (Å²) in [5.74, 6) is 0. The number of aromatic nitrogens is 1. The van der Waals surface area contributed by atoms with Crippen LogP contribution in [0.4, 0.5) is 0 Å². The average Bonchev–Trinajstić information content (AvgIpc) is 2.65. The molecule has 1 aromatic rings. The van der Waals surface area contributed by atoms with Gasteiger partial charge in [0, 0.05) is 0 Å². The molecule has 0 amide bonds. The van der Waals surface area contributed by atoms with Crippen LogP contribution in [0.15, 0.2) is 18.3 Å². The monoisotopic (exact) mass is 453 g/mol. The molecule has 1 rings (SSSR count). The van der Waals surface area contributed by atoms with Crippen molar-refractivity contribution in [2.75, 3.05) is 0 Å². The van der Waals surface area contributed by atoms with Gasteiger partial charge in [-0.15, -0.1) is 0 Å². The van der Waals surface area contributed by atoms with Gasteiger partial charge in [-0.25, -0.2) is 0 Å². The van der Waals surface area contributed by atoms with Crippen molar-refractivity contribution in [3.8, 4) is 0 Å². The number of rotatable bonds is 15. The first kappa shape index (κ1) is 23.0. The molecule has 0 aliphatic carbocycles. The topological polar surface area (TPSA) is 12.9 Å². The van der Waals surface area contributed by atoms with Crippen molar-refractivity contribution in [2.24, 2.45) is 0 Å². The molecular formula is C23H43NSn. The van der Waals surface area contributed by atoms with Crippen molar-refractivity contribution in [3.63, 3.8) is 0 Å². The van der Waals surface area contributed by atoms with Crippen LogP contribution in [0.1, 0.15) is 97.5 Å². The normalized spacial score (nSPS) is 11.8. The Bertz CT molecular complexity index is 404. The van der Waals surface area contributed by atoms with Crippen LogP contribution in [0.3, 0.4) is 0 Å². The van der Waals surface area contributed by atoms with E-state index in [0.717, 1.165) is 0 Å². The molecular weight excluding hydrogens is 409 g/mol. The Balaban J connectivity index is 2.86. The summed E-state index contributed by atoms with van der Waals surface area (Å²) in [5, 5.41) is 0. The van der Waals surface area contributed by atoms with Crippen molar-refractivity contribution in [1.29, 1.82) is 0 Å². The summed E-state index contributed by atoms with van der Waals surface area (Å²) in [4.78, 5) is 5.10. The fourth-order valence-electron chi connectivity index (χ4n) is 3.95. The van der Waals surface area contributed by atoms with Gasteiger partial charge in [0.05, 0.1) is 0 Å². The van der Waals surface area contributed by atoms with Crippen molar-refractivity contribution in [3.05, 3.63) is 23.9 Å². The molecule has 1 nitrogen and oxygen atoms in total. The van der Waals surface area contributed by atoms with E-state index in [1.807, 2.05) is 0 Å². The predicted octanol–water partition coefficient (Wildman–Crippen LogP) is 7.26. The van der Waals surface area contributed by atoms with E-state index in [-0.39, 0.29) is 0 Å². The van der Waals surface area contributed by atoms with Gasteiger partial charge in [-0.05, 0) is 0 Å². The number of unbranched alkanes of at least 4 members (excludes halogenated alkanes) is 6. The molecule has 0 unspecified atom stereocenters. The minimum atomic E-state index is -2.30. The molecule has 0 saturated carbocycles. The molecule has 0 aliphatic rings. The molecule has 0 fully saturated rings. The van der Waals surface area contributed by atoms with E-state index in [1.165, 1.54) is 89.5 Å². The maximum atomic E-state index is 5.10. The van der Waals surface area contributed by atoms with E-state index < -0.39 is 18.4 Å². The molecule has 144 valence electrons. The second-order valence-electron chi connectivity index (χ2n) is 7.95. The van der Waals surface area contributed by atoms with Crippen LogP contribution >= 0.6 is 0 Å². The first-order valence-corrected chi connectivity index (χ1v) is 18.7. The van der Waals surface area contributed by atoms with Gasteiger partial charge in [0.25, 0.3) is 0 Å². The quantitative estimate of drug-likeness (QED) is 0.202. The number of aryl methyl sites for hydroxylation is 1. The zero-order valence-corrected chi connectivity index (χ0v) is 20.4. The first-order chi connectivity index (χ1) is 12.2. The van der Waals surface area contributed by atoms with E-state index >= 15 is 0 Å². The summed E-state index contributed by atoms with van der Waals surface area (Å²) in [5.41, 5.74) is 1.46. The molecule has 0 bridgehead atoms. The van der Waals surface area contributed by atoms with E-state index in [2.05, 4.69) is 46.0 Å². The minimum absolute atomic E-state index is 1.22. The molecule has 0 aliphatic heterocycles. The molecule has 0 spiro atoms. The Kier molecular flexibility index (Phi) is 12.9. The fourth-order valence-corrected chi connectivity index (χ4v) is 19.3. The van der Waals surface area contributed by atoms with Gasteiger partial charge in [0.15, 0.2) is 0 Å². The molecule has 1 heterocycles. The van der Waals surface area contributed by atoms with Gasteiger partial charge in [-0.3, -0.25) is 0 Å². The molecule has 25 heavy (non-hydrogen) atoms. The van der Waals surface area contributed by atoms with Crippen LogP contribution in [0, 0.1) is 0 Å². The Morgan fingerprint density at radius 1 is 0.680 bits per heavy atom. The summed E-state index contributed by atoms with van der Waals surface area (Å²) in [6.07, 6.45) is 17.1.